The molecular weight excluding hydrogens is 266 g/mol. The van der Waals surface area contributed by atoms with Crippen LogP contribution in [-0.2, 0) is 4.79 Å². The zero-order valence-electron chi connectivity index (χ0n) is 11.9. The molecule has 2 heterocycles. The van der Waals surface area contributed by atoms with Gasteiger partial charge in [-0.2, -0.15) is 5.26 Å². The number of hydrogen-bond donors (Lipinski definition) is 1. The molecule has 0 aromatic carbocycles. The lowest BCUT2D eigenvalue weighted by Crippen LogP contribution is -2.31. The number of nitriles is 1. The molecule has 2 aromatic heterocycles. The first kappa shape index (κ1) is 14.5. The molecule has 2 aromatic rings. The summed E-state index contributed by atoms with van der Waals surface area (Å²) in [6.07, 6.45) is 1.59. The first-order chi connectivity index (χ1) is 10.1. The van der Waals surface area contributed by atoms with Gasteiger partial charge in [0.15, 0.2) is 0 Å². The average Bonchev–Trinajstić information content (AvgIpc) is 2.47. The zero-order chi connectivity index (χ0) is 15.2. The third kappa shape index (κ3) is 3.76. The van der Waals surface area contributed by atoms with E-state index in [1.54, 1.807) is 36.3 Å². The molecular formula is C15H15N5O. The molecule has 0 saturated carbocycles. The lowest BCUT2D eigenvalue weighted by Gasteiger charge is -2.18. The van der Waals surface area contributed by atoms with E-state index in [1.165, 1.54) is 0 Å². The van der Waals surface area contributed by atoms with E-state index in [9.17, 15) is 4.79 Å². The maximum Gasteiger partial charge on any atom is 0.245 e. The topological polar surface area (TPSA) is 81.9 Å². The Hall–Kier alpha value is -2.94. The van der Waals surface area contributed by atoms with Gasteiger partial charge in [-0.3, -0.25) is 4.79 Å². The van der Waals surface area contributed by atoms with E-state index in [1.807, 2.05) is 19.1 Å². The van der Waals surface area contributed by atoms with Crippen molar-refractivity contribution in [3.63, 3.8) is 0 Å². The van der Waals surface area contributed by atoms with Crippen LogP contribution in [0.2, 0.25) is 0 Å². The molecule has 0 radical (unpaired) electrons. The number of nitrogens with one attached hydrogen (secondary N) is 1. The summed E-state index contributed by atoms with van der Waals surface area (Å²) in [6.45, 7) is 1.94. The molecule has 0 spiro atoms. The predicted molar refractivity (Wildman–Crippen MR) is 79.8 cm³/mol. The highest BCUT2D eigenvalue weighted by molar-refractivity contribution is 5.93. The number of aryl methyl sites for hydroxylation is 1. The van der Waals surface area contributed by atoms with Gasteiger partial charge < -0.3 is 10.2 Å². The van der Waals surface area contributed by atoms with Crippen LogP contribution >= 0.6 is 0 Å². The number of carbonyl (C=O) groups excluding carboxylic acids is 1. The number of hydrogen-bond acceptors (Lipinski definition) is 5. The molecule has 0 aliphatic carbocycles. The van der Waals surface area contributed by atoms with Gasteiger partial charge in [0, 0.05) is 18.9 Å². The lowest BCUT2D eigenvalue weighted by atomic mass is 10.2. The van der Waals surface area contributed by atoms with Crippen LogP contribution in [0.3, 0.4) is 0 Å². The lowest BCUT2D eigenvalue weighted by molar-refractivity contribution is -0.114. The van der Waals surface area contributed by atoms with Crippen molar-refractivity contribution in [2.75, 3.05) is 23.8 Å². The number of amides is 1. The van der Waals surface area contributed by atoms with Crippen molar-refractivity contribution in [1.29, 1.82) is 5.26 Å². The van der Waals surface area contributed by atoms with E-state index in [0.717, 1.165) is 5.69 Å². The number of likely N-dealkylation sites (N-methyl/N-ethyl adjacent to an activating group) is 1. The third-order valence-corrected chi connectivity index (χ3v) is 2.81. The number of carbonyl (C=O) groups is 1. The molecule has 0 fully saturated rings. The average molecular weight is 281 g/mol. The standard InChI is InChI=1S/C15H15N5O/c1-11-5-3-7-13(18-11)19-14(21)10-20(2)15-12(9-16)6-4-8-17-15/h3-8H,10H2,1-2H3,(H,18,19,21). The first-order valence-corrected chi connectivity index (χ1v) is 6.40. The van der Waals surface area contributed by atoms with Crippen molar-refractivity contribution < 1.29 is 4.79 Å². The Morgan fingerprint density at radius 2 is 2.19 bits per heavy atom. The Kier molecular flexibility index (Phi) is 4.46. The molecule has 21 heavy (non-hydrogen) atoms. The quantitative estimate of drug-likeness (QED) is 0.923. The summed E-state index contributed by atoms with van der Waals surface area (Å²) in [7, 11) is 1.71. The van der Waals surface area contributed by atoms with Crippen molar-refractivity contribution in [2.24, 2.45) is 0 Å². The Morgan fingerprint density at radius 1 is 1.38 bits per heavy atom. The molecule has 0 unspecified atom stereocenters. The van der Waals surface area contributed by atoms with Gasteiger partial charge in [-0.05, 0) is 31.2 Å². The van der Waals surface area contributed by atoms with Crippen molar-refractivity contribution in [3.8, 4) is 6.07 Å². The van der Waals surface area contributed by atoms with Gasteiger partial charge in [0.25, 0.3) is 0 Å². The number of aromatic nitrogens is 2. The summed E-state index contributed by atoms with van der Waals surface area (Å²) in [5.41, 5.74) is 1.26. The Bertz CT molecular complexity index is 692. The molecule has 2 rings (SSSR count). The molecule has 6 nitrogen and oxygen atoms in total. The van der Waals surface area contributed by atoms with E-state index in [0.29, 0.717) is 17.2 Å². The normalized spacial score (nSPS) is 9.76. The number of nitrogens with zero attached hydrogens (tertiary/aromatic N) is 4. The fraction of sp³-hybridized carbons (Fsp3) is 0.200. The maximum atomic E-state index is 12.0. The van der Waals surface area contributed by atoms with Crippen LogP contribution in [0, 0.1) is 18.3 Å². The molecule has 0 aliphatic heterocycles. The molecule has 0 atom stereocenters. The van der Waals surface area contributed by atoms with E-state index in [-0.39, 0.29) is 12.5 Å². The Morgan fingerprint density at radius 3 is 2.90 bits per heavy atom. The summed E-state index contributed by atoms with van der Waals surface area (Å²) < 4.78 is 0. The molecule has 1 amide bonds. The minimum atomic E-state index is -0.217. The maximum absolute atomic E-state index is 12.0. The van der Waals surface area contributed by atoms with Crippen LogP contribution in [0.5, 0.6) is 0 Å². The van der Waals surface area contributed by atoms with Crippen molar-refractivity contribution in [3.05, 3.63) is 47.8 Å². The highest BCUT2D eigenvalue weighted by Gasteiger charge is 2.12. The zero-order valence-corrected chi connectivity index (χ0v) is 11.9. The monoisotopic (exact) mass is 281 g/mol. The van der Waals surface area contributed by atoms with E-state index in [4.69, 9.17) is 5.26 Å². The molecule has 0 saturated heterocycles. The van der Waals surface area contributed by atoms with Crippen LogP contribution in [0.1, 0.15) is 11.3 Å². The van der Waals surface area contributed by atoms with Crippen molar-refractivity contribution in [2.45, 2.75) is 6.92 Å². The summed E-state index contributed by atoms with van der Waals surface area (Å²) in [6, 6.07) is 10.8. The second-order valence-corrected chi connectivity index (χ2v) is 4.55. The SMILES string of the molecule is Cc1cccc(NC(=O)CN(C)c2ncccc2C#N)n1. The summed E-state index contributed by atoms with van der Waals surface area (Å²) in [5.74, 6) is 0.771. The van der Waals surface area contributed by atoms with Crippen LogP contribution < -0.4 is 10.2 Å². The number of pyridine rings is 2. The van der Waals surface area contributed by atoms with Crippen LogP contribution in [-0.4, -0.2) is 29.5 Å². The van der Waals surface area contributed by atoms with Crippen LogP contribution in [0.25, 0.3) is 0 Å². The predicted octanol–water partition coefficient (Wildman–Crippen LogP) is 1.73. The fourth-order valence-corrected chi connectivity index (χ4v) is 1.87. The number of rotatable bonds is 4. The van der Waals surface area contributed by atoms with Crippen LogP contribution in [0.15, 0.2) is 36.5 Å². The molecule has 0 aliphatic rings. The summed E-state index contributed by atoms with van der Waals surface area (Å²) >= 11 is 0. The van der Waals surface area contributed by atoms with Crippen molar-refractivity contribution in [1.82, 2.24) is 9.97 Å². The molecule has 1 N–H and O–H groups in total. The molecule has 106 valence electrons. The third-order valence-electron chi connectivity index (χ3n) is 2.81. The minimum Gasteiger partial charge on any atom is -0.349 e. The minimum absolute atomic E-state index is 0.0846. The largest absolute Gasteiger partial charge is 0.349 e. The molecule has 6 heteroatoms. The van der Waals surface area contributed by atoms with Gasteiger partial charge >= 0.3 is 0 Å². The van der Waals surface area contributed by atoms with Gasteiger partial charge in [0.2, 0.25) is 5.91 Å². The second-order valence-electron chi connectivity index (χ2n) is 4.55. The Labute approximate surface area is 123 Å². The highest BCUT2D eigenvalue weighted by Crippen LogP contribution is 2.14. The fourth-order valence-electron chi connectivity index (χ4n) is 1.87. The first-order valence-electron chi connectivity index (χ1n) is 6.40. The van der Waals surface area contributed by atoms with Gasteiger partial charge in [-0.1, -0.05) is 6.07 Å². The highest BCUT2D eigenvalue weighted by atomic mass is 16.2. The van der Waals surface area contributed by atoms with Gasteiger partial charge in [-0.15, -0.1) is 0 Å². The Balaban J connectivity index is 2.04. The summed E-state index contributed by atoms with van der Waals surface area (Å²) in [4.78, 5) is 22.0. The second kappa shape index (κ2) is 6.48. The summed E-state index contributed by atoms with van der Waals surface area (Å²) in [5, 5.41) is 11.8. The number of anilines is 2. The van der Waals surface area contributed by atoms with E-state index >= 15 is 0 Å². The van der Waals surface area contributed by atoms with Gasteiger partial charge in [0.05, 0.1) is 12.1 Å². The van der Waals surface area contributed by atoms with E-state index in [2.05, 4.69) is 21.4 Å². The molecule has 0 bridgehead atoms. The van der Waals surface area contributed by atoms with Gasteiger partial charge in [0.1, 0.15) is 17.7 Å². The van der Waals surface area contributed by atoms with E-state index < -0.39 is 0 Å². The smallest absolute Gasteiger partial charge is 0.245 e. The van der Waals surface area contributed by atoms with Crippen molar-refractivity contribution >= 4 is 17.5 Å². The van der Waals surface area contributed by atoms with Crippen LogP contribution in [0.4, 0.5) is 11.6 Å². The van der Waals surface area contributed by atoms with Gasteiger partial charge in [-0.25, -0.2) is 9.97 Å².